The molecular weight excluding hydrogens is 396 g/mol. The van der Waals surface area contributed by atoms with Crippen LogP contribution in [0.3, 0.4) is 0 Å². The fourth-order valence-electron chi connectivity index (χ4n) is 2.83. The number of hydrogen-bond donors (Lipinski definition) is 1. The van der Waals surface area contributed by atoms with Crippen LogP contribution in [0.2, 0.25) is 0 Å². The molecule has 0 saturated carbocycles. The summed E-state index contributed by atoms with van der Waals surface area (Å²) < 4.78 is 8.62. The number of halogens is 1. The summed E-state index contributed by atoms with van der Waals surface area (Å²) in [5.74, 6) is 1.01. The first kappa shape index (κ1) is 18.4. The van der Waals surface area contributed by atoms with Gasteiger partial charge in [0.05, 0.1) is 5.56 Å². The van der Waals surface area contributed by atoms with Crippen molar-refractivity contribution in [3.63, 3.8) is 0 Å². The van der Waals surface area contributed by atoms with Crippen LogP contribution in [0.25, 0.3) is 11.5 Å². The minimum atomic E-state index is -0.0835. The van der Waals surface area contributed by atoms with E-state index in [1.807, 2.05) is 56.5 Å². The fraction of sp³-hybridized carbons (Fsp3) is 0.316. The Labute approximate surface area is 160 Å². The Morgan fingerprint density at radius 2 is 2.00 bits per heavy atom. The summed E-state index contributed by atoms with van der Waals surface area (Å²) in [5, 5.41) is 11.1. The number of anilines is 1. The van der Waals surface area contributed by atoms with E-state index in [9.17, 15) is 4.79 Å². The zero-order valence-electron chi connectivity index (χ0n) is 15.3. The molecule has 2 aromatic heterocycles. The van der Waals surface area contributed by atoms with Gasteiger partial charge >= 0.3 is 0 Å². The zero-order valence-corrected chi connectivity index (χ0v) is 16.8. The molecule has 0 radical (unpaired) electrons. The Balaban J connectivity index is 1.79. The molecule has 136 valence electrons. The molecule has 1 amide bonds. The van der Waals surface area contributed by atoms with Gasteiger partial charge in [0.25, 0.3) is 0 Å². The predicted molar refractivity (Wildman–Crippen MR) is 104 cm³/mol. The van der Waals surface area contributed by atoms with Crippen LogP contribution in [0, 0.1) is 20.8 Å². The highest BCUT2D eigenvalue weighted by Gasteiger charge is 2.17. The van der Waals surface area contributed by atoms with Gasteiger partial charge < -0.3 is 14.3 Å². The van der Waals surface area contributed by atoms with E-state index < -0.39 is 0 Å². The number of aromatic nitrogens is 3. The van der Waals surface area contributed by atoms with Gasteiger partial charge in [-0.25, -0.2) is 0 Å². The van der Waals surface area contributed by atoms with E-state index in [0.717, 1.165) is 32.7 Å². The summed E-state index contributed by atoms with van der Waals surface area (Å²) in [5.41, 5.74) is 4.61. The second-order valence-electron chi connectivity index (χ2n) is 6.24. The van der Waals surface area contributed by atoms with Crippen LogP contribution in [0.15, 0.2) is 33.2 Å². The molecular formula is C19H21BrN4O2. The third-order valence-electron chi connectivity index (χ3n) is 4.32. The molecule has 0 saturated heterocycles. The van der Waals surface area contributed by atoms with Gasteiger partial charge in [0.1, 0.15) is 6.54 Å². The molecule has 0 spiro atoms. The van der Waals surface area contributed by atoms with Crippen molar-refractivity contribution in [2.75, 3.05) is 5.32 Å². The number of amides is 1. The van der Waals surface area contributed by atoms with Gasteiger partial charge in [-0.05, 0) is 50.6 Å². The maximum Gasteiger partial charge on any atom is 0.249 e. The monoisotopic (exact) mass is 416 g/mol. The third-order valence-corrected chi connectivity index (χ3v) is 5.21. The number of rotatable bonds is 5. The molecule has 3 aromatic rings. The highest BCUT2D eigenvalue weighted by atomic mass is 79.9. The largest absolute Gasteiger partial charge is 0.421 e. The summed E-state index contributed by atoms with van der Waals surface area (Å²) >= 11 is 3.46. The van der Waals surface area contributed by atoms with Crippen LogP contribution in [-0.2, 0) is 17.8 Å². The molecule has 2 heterocycles. The highest BCUT2D eigenvalue weighted by molar-refractivity contribution is 9.10. The van der Waals surface area contributed by atoms with Crippen molar-refractivity contribution in [3.8, 4) is 11.5 Å². The molecule has 0 aliphatic carbocycles. The Hall–Kier alpha value is -2.41. The van der Waals surface area contributed by atoms with Gasteiger partial charge in [-0.3, -0.25) is 4.79 Å². The molecule has 3 rings (SSSR count). The quantitative estimate of drug-likeness (QED) is 0.667. The number of aryl methyl sites for hydroxylation is 3. The first-order valence-corrected chi connectivity index (χ1v) is 9.23. The standard InChI is InChI=1S/C19H21BrN4O2/c1-5-18-22-23-19(26-18)15-9-12(3)24(13(15)4)10-17(25)21-14-6-7-16(20)11(2)8-14/h6-9H,5,10H2,1-4H3,(H,21,25). The highest BCUT2D eigenvalue weighted by Crippen LogP contribution is 2.26. The second-order valence-corrected chi connectivity index (χ2v) is 7.09. The van der Waals surface area contributed by atoms with E-state index in [0.29, 0.717) is 18.2 Å². The smallest absolute Gasteiger partial charge is 0.249 e. The maximum absolute atomic E-state index is 12.5. The minimum Gasteiger partial charge on any atom is -0.421 e. The molecule has 0 atom stereocenters. The van der Waals surface area contributed by atoms with Crippen molar-refractivity contribution in [2.45, 2.75) is 40.7 Å². The van der Waals surface area contributed by atoms with Crippen molar-refractivity contribution in [1.29, 1.82) is 0 Å². The van der Waals surface area contributed by atoms with Crippen LogP contribution < -0.4 is 5.32 Å². The SMILES string of the molecule is CCc1nnc(-c2cc(C)n(CC(=O)Nc3ccc(Br)c(C)c3)c2C)o1. The van der Waals surface area contributed by atoms with Gasteiger partial charge in [0.15, 0.2) is 0 Å². The van der Waals surface area contributed by atoms with Crippen LogP contribution in [-0.4, -0.2) is 20.7 Å². The Morgan fingerprint density at radius 3 is 2.65 bits per heavy atom. The lowest BCUT2D eigenvalue weighted by Crippen LogP contribution is -2.20. The first-order chi connectivity index (χ1) is 12.4. The maximum atomic E-state index is 12.5. The van der Waals surface area contributed by atoms with E-state index in [1.54, 1.807) is 0 Å². The molecule has 0 bridgehead atoms. The Morgan fingerprint density at radius 1 is 1.23 bits per heavy atom. The summed E-state index contributed by atoms with van der Waals surface area (Å²) in [6.07, 6.45) is 0.695. The zero-order chi connectivity index (χ0) is 18.8. The third kappa shape index (κ3) is 3.72. The number of carbonyl (C=O) groups is 1. The lowest BCUT2D eigenvalue weighted by molar-refractivity contribution is -0.116. The van der Waals surface area contributed by atoms with Crippen molar-refractivity contribution in [1.82, 2.24) is 14.8 Å². The molecule has 1 aromatic carbocycles. The van der Waals surface area contributed by atoms with Crippen LogP contribution in [0.1, 0.15) is 29.8 Å². The van der Waals surface area contributed by atoms with E-state index >= 15 is 0 Å². The van der Waals surface area contributed by atoms with Crippen LogP contribution in [0.5, 0.6) is 0 Å². The lowest BCUT2D eigenvalue weighted by atomic mass is 10.2. The molecule has 6 nitrogen and oxygen atoms in total. The summed E-state index contributed by atoms with van der Waals surface area (Å²) in [4.78, 5) is 12.5. The number of nitrogens with one attached hydrogen (secondary N) is 1. The first-order valence-electron chi connectivity index (χ1n) is 8.44. The molecule has 0 aliphatic rings. The topological polar surface area (TPSA) is 73.0 Å². The lowest BCUT2D eigenvalue weighted by Gasteiger charge is -2.11. The van der Waals surface area contributed by atoms with Crippen molar-refractivity contribution < 1.29 is 9.21 Å². The van der Waals surface area contributed by atoms with Crippen LogP contribution in [0.4, 0.5) is 5.69 Å². The average molecular weight is 417 g/mol. The predicted octanol–water partition coefficient (Wildman–Crippen LogP) is 4.43. The fourth-order valence-corrected chi connectivity index (χ4v) is 3.08. The number of nitrogens with zero attached hydrogens (tertiary/aromatic N) is 3. The van der Waals surface area contributed by atoms with E-state index in [-0.39, 0.29) is 12.5 Å². The van der Waals surface area contributed by atoms with Crippen LogP contribution >= 0.6 is 15.9 Å². The van der Waals surface area contributed by atoms with Crippen molar-refractivity contribution >= 4 is 27.5 Å². The van der Waals surface area contributed by atoms with Gasteiger partial charge in [-0.1, -0.05) is 22.9 Å². The minimum absolute atomic E-state index is 0.0835. The summed E-state index contributed by atoms with van der Waals surface area (Å²) in [6.45, 7) is 8.09. The molecule has 0 fully saturated rings. The molecule has 0 aliphatic heterocycles. The van der Waals surface area contributed by atoms with Gasteiger partial charge in [-0.2, -0.15) is 0 Å². The van der Waals surface area contributed by atoms with Crippen molar-refractivity contribution in [2.24, 2.45) is 0 Å². The average Bonchev–Trinajstić information content (AvgIpc) is 3.18. The second kappa shape index (κ2) is 7.45. The Bertz CT molecular complexity index is 959. The number of carbonyl (C=O) groups excluding carboxylic acids is 1. The summed E-state index contributed by atoms with van der Waals surface area (Å²) in [6, 6.07) is 7.71. The van der Waals surface area contributed by atoms with E-state index in [4.69, 9.17) is 4.42 Å². The van der Waals surface area contributed by atoms with Gasteiger partial charge in [0.2, 0.25) is 17.7 Å². The molecule has 26 heavy (non-hydrogen) atoms. The van der Waals surface area contributed by atoms with Crippen molar-refractivity contribution in [3.05, 3.63) is 51.6 Å². The van der Waals surface area contributed by atoms with Gasteiger partial charge in [0, 0.05) is 28.0 Å². The number of benzene rings is 1. The molecule has 0 unspecified atom stereocenters. The normalized spacial score (nSPS) is 11.0. The summed E-state index contributed by atoms with van der Waals surface area (Å²) in [7, 11) is 0. The Kier molecular flexibility index (Phi) is 5.27. The molecule has 1 N–H and O–H groups in total. The van der Waals surface area contributed by atoms with E-state index in [2.05, 4.69) is 31.4 Å². The van der Waals surface area contributed by atoms with Gasteiger partial charge in [-0.15, -0.1) is 10.2 Å². The van der Waals surface area contributed by atoms with E-state index in [1.165, 1.54) is 0 Å². The molecule has 7 heteroatoms. The number of hydrogen-bond acceptors (Lipinski definition) is 4.